The van der Waals surface area contributed by atoms with E-state index in [0.29, 0.717) is 36.0 Å². The number of cyclic esters (lactones) is 1. The van der Waals surface area contributed by atoms with Crippen molar-refractivity contribution in [3.8, 4) is 11.5 Å². The number of pyridine rings is 1. The summed E-state index contributed by atoms with van der Waals surface area (Å²) in [4.78, 5) is 23.2. The van der Waals surface area contributed by atoms with Crippen LogP contribution in [0.4, 0.5) is 11.4 Å². The highest BCUT2D eigenvalue weighted by Gasteiger charge is 2.53. The lowest BCUT2D eigenvalue weighted by Crippen LogP contribution is -2.33. The number of ether oxygens (including phenoxy) is 3. The van der Waals surface area contributed by atoms with Crippen molar-refractivity contribution in [3.05, 3.63) is 77.1 Å². The molecule has 238 valence electrons. The van der Waals surface area contributed by atoms with E-state index < -0.39 is 11.6 Å². The summed E-state index contributed by atoms with van der Waals surface area (Å²) in [6, 6.07) is 16.2. The van der Waals surface area contributed by atoms with E-state index in [0.717, 1.165) is 87.2 Å². The summed E-state index contributed by atoms with van der Waals surface area (Å²) in [6.07, 6.45) is 7.61. The number of aromatic nitrogens is 1. The van der Waals surface area contributed by atoms with Crippen LogP contribution >= 0.6 is 0 Å². The summed E-state index contributed by atoms with van der Waals surface area (Å²) in [5.41, 5.74) is 3.38. The molecule has 7 nitrogen and oxygen atoms in total. The van der Waals surface area contributed by atoms with E-state index in [1.54, 1.807) is 18.3 Å². The standard InChI is InChI=1S/C37H51N3O4/c1-7-20-39(21-8-2)28-15-17-31(33(26-28)42-24-11-5)37(35-30(36(41)44-37)14-13-19-38-35)32-18-16-29(27-34(32)43-25-12-6)40(22-9-3)23-10-4/h13-19,26-27H,7-12,20-25H2,1-6H3. The number of carbonyl (C=O) groups is 1. The van der Waals surface area contributed by atoms with Gasteiger partial charge in [0.15, 0.2) is 0 Å². The van der Waals surface area contributed by atoms with Gasteiger partial charge in [-0.3, -0.25) is 4.98 Å². The normalized spacial score (nSPS) is 13.4. The lowest BCUT2D eigenvalue weighted by atomic mass is 9.81. The van der Waals surface area contributed by atoms with Gasteiger partial charge in [0.25, 0.3) is 0 Å². The molecule has 0 unspecified atom stereocenters. The first-order valence-corrected chi connectivity index (χ1v) is 16.7. The van der Waals surface area contributed by atoms with E-state index in [4.69, 9.17) is 19.2 Å². The van der Waals surface area contributed by atoms with Crippen LogP contribution in [-0.4, -0.2) is 50.3 Å². The Labute approximate surface area is 264 Å². The second-order valence-corrected chi connectivity index (χ2v) is 11.5. The van der Waals surface area contributed by atoms with Crippen molar-refractivity contribution in [1.82, 2.24) is 4.98 Å². The first-order valence-electron chi connectivity index (χ1n) is 16.7. The third-order valence-electron chi connectivity index (χ3n) is 7.92. The Bertz CT molecular complexity index is 1290. The number of rotatable bonds is 18. The van der Waals surface area contributed by atoms with Crippen molar-refractivity contribution < 1.29 is 19.0 Å². The Morgan fingerprint density at radius 1 is 0.682 bits per heavy atom. The molecule has 0 aliphatic carbocycles. The van der Waals surface area contributed by atoms with Gasteiger partial charge in [0.1, 0.15) is 17.2 Å². The van der Waals surface area contributed by atoms with Gasteiger partial charge >= 0.3 is 5.97 Å². The predicted molar refractivity (Wildman–Crippen MR) is 180 cm³/mol. The van der Waals surface area contributed by atoms with Crippen molar-refractivity contribution >= 4 is 17.3 Å². The quantitative estimate of drug-likeness (QED) is 0.136. The minimum Gasteiger partial charge on any atom is -0.493 e. The van der Waals surface area contributed by atoms with Gasteiger partial charge < -0.3 is 24.0 Å². The molecule has 0 bridgehead atoms. The molecular formula is C37H51N3O4. The summed E-state index contributed by atoms with van der Waals surface area (Å²) < 4.78 is 19.5. The SMILES string of the molecule is CCCOc1cc(N(CCC)CCC)ccc1C1(c2ccc(N(CCC)CCC)cc2OCCC)OC(=O)c2cccnc21. The topological polar surface area (TPSA) is 64.1 Å². The molecule has 2 heterocycles. The molecule has 0 saturated heterocycles. The number of esters is 1. The minimum absolute atomic E-state index is 0.402. The fraction of sp³-hybridized carbons (Fsp3) is 0.514. The largest absolute Gasteiger partial charge is 0.493 e. The van der Waals surface area contributed by atoms with Gasteiger partial charge in [-0.2, -0.15) is 0 Å². The fourth-order valence-electron chi connectivity index (χ4n) is 6.08. The molecule has 0 fully saturated rings. The molecule has 0 atom stereocenters. The van der Waals surface area contributed by atoms with E-state index in [9.17, 15) is 4.79 Å². The predicted octanol–water partition coefficient (Wildman–Crippen LogP) is 8.37. The number of hydrogen-bond donors (Lipinski definition) is 0. The van der Waals surface area contributed by atoms with Crippen molar-refractivity contribution in [3.63, 3.8) is 0 Å². The van der Waals surface area contributed by atoms with Crippen LogP contribution in [0.25, 0.3) is 0 Å². The van der Waals surface area contributed by atoms with Crippen molar-refractivity contribution in [2.24, 2.45) is 0 Å². The van der Waals surface area contributed by atoms with Crippen molar-refractivity contribution in [1.29, 1.82) is 0 Å². The molecule has 0 N–H and O–H groups in total. The second kappa shape index (κ2) is 15.8. The molecule has 1 aliphatic rings. The molecule has 0 spiro atoms. The first kappa shape index (κ1) is 33.2. The second-order valence-electron chi connectivity index (χ2n) is 11.5. The van der Waals surface area contributed by atoms with Crippen LogP contribution in [0.1, 0.15) is 107 Å². The average Bonchev–Trinajstić information content (AvgIpc) is 3.35. The maximum absolute atomic E-state index is 13.6. The third kappa shape index (κ3) is 6.82. The van der Waals surface area contributed by atoms with Gasteiger partial charge in [-0.25, -0.2) is 4.79 Å². The Kier molecular flexibility index (Phi) is 11.9. The monoisotopic (exact) mass is 601 g/mol. The molecule has 0 amide bonds. The summed E-state index contributed by atoms with van der Waals surface area (Å²) in [5.74, 6) is 0.982. The molecule has 7 heteroatoms. The van der Waals surface area contributed by atoms with Crippen LogP contribution < -0.4 is 19.3 Å². The average molecular weight is 602 g/mol. The maximum Gasteiger partial charge on any atom is 0.341 e. The van der Waals surface area contributed by atoms with Crippen LogP contribution in [0.2, 0.25) is 0 Å². The van der Waals surface area contributed by atoms with Crippen LogP contribution in [0.3, 0.4) is 0 Å². The molecule has 1 aliphatic heterocycles. The highest BCUT2D eigenvalue weighted by Crippen LogP contribution is 2.52. The van der Waals surface area contributed by atoms with Gasteiger partial charge in [-0.1, -0.05) is 41.5 Å². The van der Waals surface area contributed by atoms with E-state index in [1.807, 2.05) is 0 Å². The molecule has 0 saturated carbocycles. The Balaban J connectivity index is 2.01. The molecule has 3 aromatic rings. The zero-order valence-corrected chi connectivity index (χ0v) is 27.7. The fourth-order valence-corrected chi connectivity index (χ4v) is 6.08. The highest BCUT2D eigenvalue weighted by atomic mass is 16.6. The van der Waals surface area contributed by atoms with Gasteiger partial charge in [0.2, 0.25) is 5.60 Å². The molecule has 44 heavy (non-hydrogen) atoms. The van der Waals surface area contributed by atoms with Crippen LogP contribution in [0.15, 0.2) is 54.7 Å². The van der Waals surface area contributed by atoms with Crippen molar-refractivity contribution in [2.45, 2.75) is 85.7 Å². The van der Waals surface area contributed by atoms with Crippen LogP contribution in [0, 0.1) is 0 Å². The maximum atomic E-state index is 13.6. The molecule has 0 radical (unpaired) electrons. The first-order chi connectivity index (χ1) is 21.5. The number of hydrogen-bond acceptors (Lipinski definition) is 7. The van der Waals surface area contributed by atoms with E-state index in [2.05, 4.69) is 87.7 Å². The Hall–Kier alpha value is -3.74. The third-order valence-corrected chi connectivity index (χ3v) is 7.92. The molecule has 4 rings (SSSR count). The molecule has 2 aromatic carbocycles. The van der Waals surface area contributed by atoms with Crippen LogP contribution in [0.5, 0.6) is 11.5 Å². The number of anilines is 2. The van der Waals surface area contributed by atoms with Crippen LogP contribution in [-0.2, 0) is 10.3 Å². The summed E-state index contributed by atoms with van der Waals surface area (Å²) >= 11 is 0. The smallest absolute Gasteiger partial charge is 0.341 e. The van der Waals surface area contributed by atoms with Gasteiger partial charge in [0.05, 0.1) is 18.8 Å². The number of benzene rings is 2. The lowest BCUT2D eigenvalue weighted by molar-refractivity contribution is 0.0227. The summed E-state index contributed by atoms with van der Waals surface area (Å²) in [5, 5.41) is 0. The van der Waals surface area contributed by atoms with Gasteiger partial charge in [-0.15, -0.1) is 0 Å². The van der Waals surface area contributed by atoms with E-state index in [-0.39, 0.29) is 0 Å². The minimum atomic E-state index is -1.34. The van der Waals surface area contributed by atoms with E-state index in [1.165, 1.54) is 0 Å². The lowest BCUT2D eigenvalue weighted by Gasteiger charge is -2.34. The number of carbonyl (C=O) groups excluding carboxylic acids is 1. The van der Waals surface area contributed by atoms with E-state index >= 15 is 0 Å². The molecular weight excluding hydrogens is 550 g/mol. The number of nitrogens with zero attached hydrogens (tertiary/aromatic N) is 3. The van der Waals surface area contributed by atoms with Gasteiger partial charge in [0, 0.05) is 67.0 Å². The zero-order valence-electron chi connectivity index (χ0n) is 27.7. The highest BCUT2D eigenvalue weighted by molar-refractivity contribution is 5.96. The van der Waals surface area contributed by atoms with Crippen molar-refractivity contribution in [2.75, 3.05) is 49.2 Å². The summed E-state index contributed by atoms with van der Waals surface area (Å²) in [7, 11) is 0. The molecule has 1 aromatic heterocycles. The van der Waals surface area contributed by atoms with Gasteiger partial charge in [-0.05, 0) is 74.9 Å². The summed E-state index contributed by atoms with van der Waals surface area (Å²) in [6.45, 7) is 17.9. The number of fused-ring (bicyclic) bond motifs is 1. The zero-order chi connectivity index (χ0) is 31.5. The Morgan fingerprint density at radius 2 is 1.16 bits per heavy atom. The Morgan fingerprint density at radius 3 is 1.59 bits per heavy atom.